The minimum absolute atomic E-state index is 0.0816. The van der Waals surface area contributed by atoms with E-state index in [0.29, 0.717) is 0 Å². The van der Waals surface area contributed by atoms with Crippen molar-refractivity contribution in [1.29, 1.82) is 0 Å². The van der Waals surface area contributed by atoms with Gasteiger partial charge in [0.05, 0.1) is 30.1 Å². The number of carbonyl (C=O) groups excluding carboxylic acids is 1. The second-order valence-electron chi connectivity index (χ2n) is 7.85. The van der Waals surface area contributed by atoms with Crippen molar-refractivity contribution in [3.63, 3.8) is 0 Å². The number of benzene rings is 1. The summed E-state index contributed by atoms with van der Waals surface area (Å²) < 4.78 is 33.6. The van der Waals surface area contributed by atoms with Crippen molar-refractivity contribution >= 4 is 15.9 Å². The molecule has 7 nitrogen and oxygen atoms in total. The molecule has 3 atom stereocenters. The fraction of sp³-hybridized carbons (Fsp3) is 0.571. The predicted octanol–water partition coefficient (Wildman–Crippen LogP) is 1.80. The summed E-state index contributed by atoms with van der Waals surface area (Å²) >= 11 is 0. The fourth-order valence-electron chi connectivity index (χ4n) is 3.79. The van der Waals surface area contributed by atoms with E-state index in [1.165, 1.54) is 18.6 Å². The molecule has 160 valence electrons. The van der Waals surface area contributed by atoms with Gasteiger partial charge in [-0.1, -0.05) is 49.1 Å². The standard InChI is InChI=1S/C21H30N2O5S/c1-15-7-10-18(11-8-15)29(26,27)23-19-12-9-17(28-20(19)14-24)13-21(25)22-16-5-3-2-4-6-16/h7-12,16-17,19-20,23-24H,2-6,13-14H2,1H3,(H,22,25)/t17-,19+,20+/m1/s1. The van der Waals surface area contributed by atoms with Gasteiger partial charge in [0.25, 0.3) is 0 Å². The summed E-state index contributed by atoms with van der Waals surface area (Å²) in [5.41, 5.74) is 0.965. The topological polar surface area (TPSA) is 105 Å². The number of hydrogen-bond acceptors (Lipinski definition) is 5. The van der Waals surface area contributed by atoms with Crippen LogP contribution in [-0.4, -0.2) is 50.3 Å². The smallest absolute Gasteiger partial charge is 0.241 e. The minimum atomic E-state index is -3.75. The number of ether oxygens (including phenoxy) is 1. The van der Waals surface area contributed by atoms with Gasteiger partial charge in [-0.05, 0) is 31.9 Å². The van der Waals surface area contributed by atoms with E-state index in [9.17, 15) is 18.3 Å². The van der Waals surface area contributed by atoms with Gasteiger partial charge in [0.1, 0.15) is 6.10 Å². The number of nitrogens with one attached hydrogen (secondary N) is 2. The highest BCUT2D eigenvalue weighted by Crippen LogP contribution is 2.20. The summed E-state index contributed by atoms with van der Waals surface area (Å²) in [6.07, 6.45) is 7.78. The molecular formula is C21H30N2O5S. The highest BCUT2D eigenvalue weighted by molar-refractivity contribution is 7.89. The fourth-order valence-corrected chi connectivity index (χ4v) is 5.01. The molecule has 3 N–H and O–H groups in total. The van der Waals surface area contributed by atoms with Crippen molar-refractivity contribution in [2.75, 3.05) is 6.61 Å². The van der Waals surface area contributed by atoms with Crippen molar-refractivity contribution in [2.24, 2.45) is 0 Å². The molecule has 0 bridgehead atoms. The summed E-state index contributed by atoms with van der Waals surface area (Å²) in [5.74, 6) is -0.0816. The molecule has 1 fully saturated rings. The molecule has 2 aliphatic rings. The number of aliphatic hydroxyl groups is 1. The zero-order chi connectivity index (χ0) is 20.9. The van der Waals surface area contributed by atoms with E-state index in [4.69, 9.17) is 4.74 Å². The first-order valence-electron chi connectivity index (χ1n) is 10.2. The summed E-state index contributed by atoms with van der Waals surface area (Å²) in [5, 5.41) is 12.7. The van der Waals surface area contributed by atoms with Crippen LogP contribution in [0.2, 0.25) is 0 Å². The van der Waals surface area contributed by atoms with Gasteiger partial charge in [-0.3, -0.25) is 4.79 Å². The van der Waals surface area contributed by atoms with Gasteiger partial charge >= 0.3 is 0 Å². The number of sulfonamides is 1. The quantitative estimate of drug-likeness (QED) is 0.581. The van der Waals surface area contributed by atoms with Gasteiger partial charge in [-0.25, -0.2) is 13.1 Å². The van der Waals surface area contributed by atoms with Crippen LogP contribution in [-0.2, 0) is 19.6 Å². The van der Waals surface area contributed by atoms with E-state index in [2.05, 4.69) is 10.0 Å². The van der Waals surface area contributed by atoms with Gasteiger partial charge < -0.3 is 15.2 Å². The van der Waals surface area contributed by atoms with Gasteiger partial charge in [-0.15, -0.1) is 0 Å². The number of amides is 1. The molecule has 1 aliphatic carbocycles. The number of aryl methyl sites for hydroxylation is 1. The summed E-state index contributed by atoms with van der Waals surface area (Å²) in [6, 6.07) is 6.06. The molecule has 29 heavy (non-hydrogen) atoms. The van der Waals surface area contributed by atoms with Crippen LogP contribution in [0, 0.1) is 6.92 Å². The molecule has 1 amide bonds. The third-order valence-corrected chi connectivity index (χ3v) is 6.92. The van der Waals surface area contributed by atoms with Crippen LogP contribution < -0.4 is 10.0 Å². The van der Waals surface area contributed by atoms with E-state index in [-0.39, 0.29) is 29.9 Å². The van der Waals surface area contributed by atoms with Gasteiger partial charge in [-0.2, -0.15) is 0 Å². The SMILES string of the molecule is Cc1ccc(S(=O)(=O)N[C@H]2C=C[C@H](CC(=O)NC3CCCCC3)O[C@H]2CO)cc1. The van der Waals surface area contributed by atoms with E-state index in [0.717, 1.165) is 31.2 Å². The summed E-state index contributed by atoms with van der Waals surface area (Å²) in [7, 11) is -3.75. The Kier molecular flexibility index (Phi) is 7.45. The predicted molar refractivity (Wildman–Crippen MR) is 110 cm³/mol. The van der Waals surface area contributed by atoms with Crippen LogP contribution in [0.5, 0.6) is 0 Å². The monoisotopic (exact) mass is 422 g/mol. The molecule has 1 aliphatic heterocycles. The lowest BCUT2D eigenvalue weighted by atomic mass is 9.95. The highest BCUT2D eigenvalue weighted by atomic mass is 32.2. The molecule has 0 aromatic heterocycles. The Morgan fingerprint density at radius 1 is 1.14 bits per heavy atom. The largest absolute Gasteiger partial charge is 0.394 e. The summed E-state index contributed by atoms with van der Waals surface area (Å²) in [6.45, 7) is 1.53. The summed E-state index contributed by atoms with van der Waals surface area (Å²) in [4.78, 5) is 12.5. The van der Waals surface area contributed by atoms with Crippen LogP contribution in [0.4, 0.5) is 0 Å². The normalized spacial score (nSPS) is 25.7. The van der Waals surface area contributed by atoms with Gasteiger partial charge in [0.2, 0.25) is 15.9 Å². The number of rotatable bonds is 7. The second kappa shape index (κ2) is 9.84. The average Bonchev–Trinajstić information content (AvgIpc) is 2.70. The molecular weight excluding hydrogens is 392 g/mol. The highest BCUT2D eigenvalue weighted by Gasteiger charge is 2.31. The Morgan fingerprint density at radius 3 is 2.48 bits per heavy atom. The molecule has 0 unspecified atom stereocenters. The molecule has 0 radical (unpaired) electrons. The number of hydrogen-bond donors (Lipinski definition) is 3. The second-order valence-corrected chi connectivity index (χ2v) is 9.56. The molecule has 0 spiro atoms. The maximum atomic E-state index is 12.6. The van der Waals surface area contributed by atoms with Gasteiger partial charge in [0.15, 0.2) is 0 Å². The zero-order valence-electron chi connectivity index (χ0n) is 16.7. The van der Waals surface area contributed by atoms with Crippen LogP contribution in [0.3, 0.4) is 0 Å². The van der Waals surface area contributed by atoms with Crippen LogP contribution in [0.15, 0.2) is 41.3 Å². The van der Waals surface area contributed by atoms with Crippen molar-refractivity contribution in [2.45, 2.75) is 74.6 Å². The van der Waals surface area contributed by atoms with E-state index < -0.39 is 28.3 Å². The Balaban J connectivity index is 1.59. The maximum absolute atomic E-state index is 12.6. The maximum Gasteiger partial charge on any atom is 0.241 e. The molecule has 3 rings (SSSR count). The molecule has 0 saturated heterocycles. The molecule has 1 aromatic carbocycles. The van der Waals surface area contributed by atoms with Crippen molar-refractivity contribution in [3.05, 3.63) is 42.0 Å². The lowest BCUT2D eigenvalue weighted by molar-refractivity contribution is -0.126. The third kappa shape index (κ3) is 6.12. The first-order chi connectivity index (χ1) is 13.9. The van der Waals surface area contributed by atoms with E-state index >= 15 is 0 Å². The molecule has 1 aromatic rings. The van der Waals surface area contributed by atoms with Gasteiger partial charge in [0, 0.05) is 6.04 Å². The Bertz CT molecular complexity index is 816. The lowest BCUT2D eigenvalue weighted by Crippen LogP contribution is -2.49. The zero-order valence-corrected chi connectivity index (χ0v) is 17.5. The first-order valence-corrected chi connectivity index (χ1v) is 11.7. The third-order valence-electron chi connectivity index (χ3n) is 5.44. The number of carbonyl (C=O) groups is 1. The average molecular weight is 423 g/mol. The Morgan fingerprint density at radius 2 is 1.83 bits per heavy atom. The van der Waals surface area contributed by atoms with Crippen molar-refractivity contribution < 1.29 is 23.1 Å². The van der Waals surface area contributed by atoms with E-state index in [1.54, 1.807) is 24.3 Å². The first kappa shape index (κ1) is 22.0. The molecule has 1 heterocycles. The number of aliphatic hydroxyl groups excluding tert-OH is 1. The van der Waals surface area contributed by atoms with Crippen LogP contribution in [0.1, 0.15) is 44.1 Å². The van der Waals surface area contributed by atoms with Crippen LogP contribution in [0.25, 0.3) is 0 Å². The molecule has 8 heteroatoms. The Hall–Kier alpha value is -1.74. The van der Waals surface area contributed by atoms with Crippen molar-refractivity contribution in [3.8, 4) is 0 Å². The van der Waals surface area contributed by atoms with Crippen molar-refractivity contribution in [1.82, 2.24) is 10.0 Å². The minimum Gasteiger partial charge on any atom is -0.394 e. The Labute approximate surface area is 172 Å². The lowest BCUT2D eigenvalue weighted by Gasteiger charge is -2.32. The van der Waals surface area contributed by atoms with E-state index in [1.807, 2.05) is 6.92 Å². The molecule has 1 saturated carbocycles. The van der Waals surface area contributed by atoms with Crippen LogP contribution >= 0.6 is 0 Å².